The minimum Gasteiger partial charge on any atom is -0.423 e. The van der Waals surface area contributed by atoms with Crippen LogP contribution in [0.3, 0.4) is 0 Å². The van der Waals surface area contributed by atoms with E-state index in [4.69, 9.17) is 4.74 Å². The van der Waals surface area contributed by atoms with Gasteiger partial charge in [0.05, 0.1) is 11.8 Å². The predicted octanol–water partition coefficient (Wildman–Crippen LogP) is 2.58. The summed E-state index contributed by atoms with van der Waals surface area (Å²) >= 11 is 0. The summed E-state index contributed by atoms with van der Waals surface area (Å²) in [7, 11) is 0. The number of fused-ring (bicyclic) bond motifs is 1. The lowest BCUT2D eigenvalue weighted by atomic mass is 9.63. The summed E-state index contributed by atoms with van der Waals surface area (Å²) in [5.41, 5.74) is 0.575. The van der Waals surface area contributed by atoms with Gasteiger partial charge in [0.2, 0.25) is 11.8 Å². The van der Waals surface area contributed by atoms with Gasteiger partial charge in [-0.3, -0.25) is 19.5 Å². The first-order chi connectivity index (χ1) is 14.1. The number of pyridine rings is 1. The van der Waals surface area contributed by atoms with Crippen LogP contribution in [0.15, 0.2) is 48.7 Å². The molecule has 2 bridgehead atoms. The fourth-order valence-electron chi connectivity index (χ4n) is 5.82. The van der Waals surface area contributed by atoms with Crippen LogP contribution in [0.1, 0.15) is 13.3 Å². The van der Waals surface area contributed by atoms with Gasteiger partial charge in [-0.2, -0.15) is 0 Å². The monoisotopic (exact) mass is 388 g/mol. The van der Waals surface area contributed by atoms with Crippen LogP contribution < -0.4 is 4.74 Å². The number of hydrogen-bond acceptors (Lipinski definition) is 5. The number of rotatable bonds is 3. The van der Waals surface area contributed by atoms with Crippen LogP contribution >= 0.6 is 0 Å². The molecule has 7 rings (SSSR count). The van der Waals surface area contributed by atoms with Crippen LogP contribution in [0.2, 0.25) is 0 Å². The Hall–Kier alpha value is -3.02. The molecule has 7 atom stereocenters. The maximum absolute atomic E-state index is 13.2. The van der Waals surface area contributed by atoms with Gasteiger partial charge in [-0.1, -0.05) is 30.4 Å². The Balaban J connectivity index is 1.27. The Morgan fingerprint density at radius 3 is 2.41 bits per heavy atom. The molecule has 146 valence electrons. The highest BCUT2D eigenvalue weighted by molar-refractivity contribution is 6.09. The van der Waals surface area contributed by atoms with Crippen molar-refractivity contribution in [1.82, 2.24) is 9.88 Å². The van der Waals surface area contributed by atoms with Crippen molar-refractivity contribution in [3.8, 4) is 5.75 Å². The SMILES string of the molecule is C[C@H](C(=O)Oc1cccc2cccnc12)N1C(=O)[C@@H]2[C@H]3C=C[C@@H]([C@@H]4C[C@@H]34)[C@H]2C1=O. The van der Waals surface area contributed by atoms with E-state index in [0.717, 1.165) is 16.7 Å². The summed E-state index contributed by atoms with van der Waals surface area (Å²) in [5.74, 6) is 0.0121. The third-order valence-corrected chi connectivity index (χ3v) is 7.23. The summed E-state index contributed by atoms with van der Waals surface area (Å²) < 4.78 is 5.59. The van der Waals surface area contributed by atoms with Gasteiger partial charge < -0.3 is 4.74 Å². The summed E-state index contributed by atoms with van der Waals surface area (Å²) in [4.78, 5) is 44.7. The standard InChI is InChI=1S/C23H20N2O4/c1-11(23(28)29-17-6-2-4-12-5-3-9-24-20(12)17)25-21(26)18-13-7-8-14(16-10-15(13)16)19(18)22(25)27/h2-9,11,13-16,18-19H,10H2,1H3/t11-,13+,14+,15+,16+,18-,19-/m1/s1. The minimum atomic E-state index is -0.963. The topological polar surface area (TPSA) is 76.6 Å². The molecule has 3 fully saturated rings. The molecule has 5 aliphatic rings. The van der Waals surface area contributed by atoms with Crippen LogP contribution in [-0.2, 0) is 14.4 Å². The molecule has 0 spiro atoms. The van der Waals surface area contributed by atoms with E-state index in [2.05, 4.69) is 17.1 Å². The smallest absolute Gasteiger partial charge is 0.334 e. The van der Waals surface area contributed by atoms with Gasteiger partial charge in [-0.05, 0) is 49.1 Å². The number of imide groups is 1. The number of carbonyl (C=O) groups excluding carboxylic acids is 3. The predicted molar refractivity (Wildman–Crippen MR) is 103 cm³/mol. The van der Waals surface area contributed by atoms with Gasteiger partial charge in [0.1, 0.15) is 11.6 Å². The zero-order valence-corrected chi connectivity index (χ0v) is 15.9. The molecule has 0 unspecified atom stereocenters. The lowest BCUT2D eigenvalue weighted by Crippen LogP contribution is -2.45. The van der Waals surface area contributed by atoms with Crippen molar-refractivity contribution in [2.45, 2.75) is 19.4 Å². The van der Waals surface area contributed by atoms with E-state index in [0.29, 0.717) is 23.1 Å². The van der Waals surface area contributed by atoms with Crippen molar-refractivity contribution in [3.63, 3.8) is 0 Å². The number of benzene rings is 1. The average molecular weight is 388 g/mol. The molecule has 2 saturated carbocycles. The molecule has 2 heterocycles. The van der Waals surface area contributed by atoms with Crippen molar-refractivity contribution in [2.24, 2.45) is 35.5 Å². The van der Waals surface area contributed by atoms with E-state index in [9.17, 15) is 14.4 Å². The van der Waals surface area contributed by atoms with Crippen LogP contribution in [0.25, 0.3) is 10.9 Å². The van der Waals surface area contributed by atoms with Crippen molar-refractivity contribution < 1.29 is 19.1 Å². The number of allylic oxidation sites excluding steroid dienone is 2. The molecule has 29 heavy (non-hydrogen) atoms. The first-order valence-corrected chi connectivity index (χ1v) is 10.2. The summed E-state index contributed by atoms with van der Waals surface area (Å²) in [5, 5.41) is 0.853. The number of esters is 1. The number of hydrogen-bond donors (Lipinski definition) is 0. The van der Waals surface area contributed by atoms with Gasteiger partial charge >= 0.3 is 5.97 Å². The second kappa shape index (κ2) is 5.75. The zero-order valence-electron chi connectivity index (χ0n) is 15.9. The second-order valence-corrected chi connectivity index (χ2v) is 8.63. The quantitative estimate of drug-likeness (QED) is 0.350. The Morgan fingerprint density at radius 1 is 1.07 bits per heavy atom. The third kappa shape index (κ3) is 2.23. The lowest BCUT2D eigenvalue weighted by Gasteiger charge is -2.37. The highest BCUT2D eigenvalue weighted by Crippen LogP contribution is 2.65. The molecule has 0 radical (unpaired) electrons. The Bertz CT molecular complexity index is 1070. The van der Waals surface area contributed by atoms with E-state index >= 15 is 0 Å². The lowest BCUT2D eigenvalue weighted by molar-refractivity contribution is -0.152. The van der Waals surface area contributed by atoms with Crippen molar-refractivity contribution in [1.29, 1.82) is 0 Å². The Kier molecular flexibility index (Phi) is 3.35. The Morgan fingerprint density at radius 2 is 1.72 bits per heavy atom. The zero-order chi connectivity index (χ0) is 19.9. The van der Waals surface area contributed by atoms with E-state index < -0.39 is 12.0 Å². The molecule has 0 N–H and O–H groups in total. The second-order valence-electron chi connectivity index (χ2n) is 8.63. The Labute approximate surface area is 167 Å². The molecule has 1 aromatic heterocycles. The number of para-hydroxylation sites is 1. The highest BCUT2D eigenvalue weighted by atomic mass is 16.5. The van der Waals surface area contributed by atoms with Gasteiger partial charge in [0, 0.05) is 11.6 Å². The molecule has 1 saturated heterocycles. The van der Waals surface area contributed by atoms with Crippen molar-refractivity contribution in [3.05, 3.63) is 48.7 Å². The van der Waals surface area contributed by atoms with Gasteiger partial charge in [-0.25, -0.2) is 4.79 Å². The van der Waals surface area contributed by atoms with Crippen molar-refractivity contribution >= 4 is 28.7 Å². The van der Waals surface area contributed by atoms with Crippen LogP contribution in [0.5, 0.6) is 5.75 Å². The highest BCUT2D eigenvalue weighted by Gasteiger charge is 2.67. The minimum absolute atomic E-state index is 0.141. The molecule has 2 aromatic rings. The molecule has 6 heteroatoms. The number of ether oxygens (including phenoxy) is 1. The molecular weight excluding hydrogens is 368 g/mol. The molecule has 2 amide bonds. The van der Waals surface area contributed by atoms with E-state index in [1.165, 1.54) is 0 Å². The summed E-state index contributed by atoms with van der Waals surface area (Å²) in [6, 6.07) is 8.08. The molecule has 1 aliphatic heterocycles. The summed E-state index contributed by atoms with van der Waals surface area (Å²) in [6.07, 6.45) is 7.00. The van der Waals surface area contributed by atoms with E-state index in [-0.39, 0.29) is 35.5 Å². The third-order valence-electron chi connectivity index (χ3n) is 7.23. The van der Waals surface area contributed by atoms with Gasteiger partial charge in [-0.15, -0.1) is 0 Å². The molecular formula is C23H20N2O4. The average Bonchev–Trinajstić information content (AvgIpc) is 3.51. The number of likely N-dealkylation sites (tertiary alicyclic amines) is 1. The maximum Gasteiger partial charge on any atom is 0.334 e. The van der Waals surface area contributed by atoms with E-state index in [1.807, 2.05) is 18.2 Å². The number of aromatic nitrogens is 1. The first-order valence-electron chi connectivity index (χ1n) is 10.2. The molecule has 4 aliphatic carbocycles. The molecule has 1 aromatic carbocycles. The van der Waals surface area contributed by atoms with Crippen LogP contribution in [-0.4, -0.2) is 33.7 Å². The van der Waals surface area contributed by atoms with Crippen molar-refractivity contribution in [2.75, 3.05) is 0 Å². The number of amides is 2. The number of nitrogens with zero attached hydrogens (tertiary/aromatic N) is 2. The fraction of sp³-hybridized carbons (Fsp3) is 0.391. The van der Waals surface area contributed by atoms with Gasteiger partial charge in [0.25, 0.3) is 0 Å². The van der Waals surface area contributed by atoms with Crippen LogP contribution in [0.4, 0.5) is 0 Å². The first kappa shape index (κ1) is 16.9. The fourth-order valence-corrected chi connectivity index (χ4v) is 5.82. The van der Waals surface area contributed by atoms with Crippen LogP contribution in [0, 0.1) is 35.5 Å². The van der Waals surface area contributed by atoms with Gasteiger partial charge in [0.15, 0.2) is 5.75 Å². The number of carbonyl (C=O) groups is 3. The van der Waals surface area contributed by atoms with E-state index in [1.54, 1.807) is 25.3 Å². The maximum atomic E-state index is 13.2. The summed E-state index contributed by atoms with van der Waals surface area (Å²) in [6.45, 7) is 1.57. The normalized spacial score (nSPS) is 34.9. The largest absolute Gasteiger partial charge is 0.423 e. The molecule has 6 nitrogen and oxygen atoms in total.